The first kappa shape index (κ1) is 17.6. The number of hydrogen-bond donors (Lipinski definition) is 0. The van der Waals surface area contributed by atoms with E-state index in [1.807, 2.05) is 72.8 Å². The van der Waals surface area contributed by atoms with E-state index in [4.69, 9.17) is 16.3 Å². The highest BCUT2D eigenvalue weighted by Crippen LogP contribution is 2.30. The van der Waals surface area contributed by atoms with E-state index in [1.54, 1.807) is 11.8 Å². The molecule has 2 nitrogen and oxygen atoms in total. The van der Waals surface area contributed by atoms with Gasteiger partial charge in [-0.1, -0.05) is 60.3 Å². The first-order valence-corrected chi connectivity index (χ1v) is 9.10. The smallest absolute Gasteiger partial charge is 0.226 e. The van der Waals surface area contributed by atoms with Gasteiger partial charge in [0.1, 0.15) is 12.4 Å². The Morgan fingerprint density at radius 1 is 0.840 bits per heavy atom. The van der Waals surface area contributed by atoms with Gasteiger partial charge in [0.2, 0.25) is 5.24 Å². The number of benzene rings is 3. The third-order valence-electron chi connectivity index (χ3n) is 3.56. The van der Waals surface area contributed by atoms with Gasteiger partial charge in [-0.15, -0.1) is 0 Å². The fraction of sp³-hybridized carbons (Fsp3) is 0.0952. The van der Waals surface area contributed by atoms with Crippen LogP contribution in [0.4, 0.5) is 0 Å². The molecule has 0 heterocycles. The summed E-state index contributed by atoms with van der Waals surface area (Å²) in [6, 6.07) is 26.0. The molecule has 0 unspecified atom stereocenters. The molecule has 0 saturated carbocycles. The Kier molecular flexibility index (Phi) is 6.15. The lowest BCUT2D eigenvalue weighted by atomic mass is 10.2. The molecule has 0 saturated heterocycles. The molecular formula is C21H17ClO2S. The van der Waals surface area contributed by atoms with Crippen molar-refractivity contribution in [1.82, 2.24) is 0 Å². The minimum Gasteiger partial charge on any atom is -0.489 e. The molecule has 0 aliphatic carbocycles. The lowest BCUT2D eigenvalue weighted by Gasteiger charge is -2.08. The van der Waals surface area contributed by atoms with Gasteiger partial charge < -0.3 is 4.74 Å². The Bertz CT molecular complexity index is 832. The maximum absolute atomic E-state index is 10.9. The number of ether oxygens (including phenoxy) is 1. The zero-order valence-electron chi connectivity index (χ0n) is 13.5. The molecule has 0 aromatic heterocycles. The highest BCUT2D eigenvalue weighted by atomic mass is 35.5. The van der Waals surface area contributed by atoms with Crippen molar-refractivity contribution >= 4 is 28.6 Å². The zero-order chi connectivity index (χ0) is 17.5. The van der Waals surface area contributed by atoms with Gasteiger partial charge in [0.05, 0.1) is 0 Å². The van der Waals surface area contributed by atoms with Gasteiger partial charge in [-0.05, 0) is 53.1 Å². The molecule has 0 aliphatic heterocycles. The van der Waals surface area contributed by atoms with Crippen LogP contribution >= 0.6 is 23.4 Å². The second-order valence-corrected chi connectivity index (χ2v) is 7.10. The van der Waals surface area contributed by atoms with Crippen LogP contribution in [0, 0.1) is 0 Å². The van der Waals surface area contributed by atoms with E-state index in [1.165, 1.54) is 0 Å². The van der Waals surface area contributed by atoms with Crippen LogP contribution in [0.3, 0.4) is 0 Å². The van der Waals surface area contributed by atoms with Crippen molar-refractivity contribution in [2.75, 3.05) is 0 Å². The highest BCUT2D eigenvalue weighted by Gasteiger charge is 2.03. The van der Waals surface area contributed by atoms with Crippen molar-refractivity contribution < 1.29 is 9.53 Å². The van der Waals surface area contributed by atoms with Gasteiger partial charge in [0.15, 0.2) is 0 Å². The molecule has 25 heavy (non-hydrogen) atoms. The summed E-state index contributed by atoms with van der Waals surface area (Å²) in [7, 11) is 0. The van der Waals surface area contributed by atoms with Gasteiger partial charge in [-0.2, -0.15) is 0 Å². The third kappa shape index (κ3) is 5.66. The average Bonchev–Trinajstić information content (AvgIpc) is 2.62. The van der Waals surface area contributed by atoms with Crippen molar-refractivity contribution in [2.45, 2.75) is 22.8 Å². The Labute approximate surface area is 156 Å². The van der Waals surface area contributed by atoms with Gasteiger partial charge >= 0.3 is 0 Å². The van der Waals surface area contributed by atoms with Crippen LogP contribution in [0.15, 0.2) is 88.7 Å². The molecule has 0 bridgehead atoms. The van der Waals surface area contributed by atoms with E-state index in [0.717, 1.165) is 26.7 Å². The van der Waals surface area contributed by atoms with Crippen LogP contribution < -0.4 is 4.74 Å². The number of carbonyl (C=O) groups is 1. The SMILES string of the molecule is O=C(Cl)Cc1ccc(Sc2cccc(OCc3ccccc3)c2)cc1. The fourth-order valence-corrected chi connectivity index (χ4v) is 3.36. The number of rotatable bonds is 7. The third-order valence-corrected chi connectivity index (χ3v) is 4.69. The van der Waals surface area contributed by atoms with Crippen LogP contribution in [0.2, 0.25) is 0 Å². The van der Waals surface area contributed by atoms with Gasteiger partial charge in [0.25, 0.3) is 0 Å². The second kappa shape index (κ2) is 8.75. The van der Waals surface area contributed by atoms with Crippen LogP contribution in [-0.2, 0) is 17.8 Å². The van der Waals surface area contributed by atoms with Crippen molar-refractivity contribution in [3.8, 4) is 5.75 Å². The predicted molar refractivity (Wildman–Crippen MR) is 102 cm³/mol. The standard InChI is InChI=1S/C21H17ClO2S/c22-21(23)13-16-9-11-19(12-10-16)25-20-8-4-7-18(14-20)24-15-17-5-2-1-3-6-17/h1-12,14H,13,15H2. The van der Waals surface area contributed by atoms with E-state index in [0.29, 0.717) is 6.61 Å². The maximum Gasteiger partial charge on any atom is 0.226 e. The van der Waals surface area contributed by atoms with Crippen molar-refractivity contribution in [1.29, 1.82) is 0 Å². The summed E-state index contributed by atoms with van der Waals surface area (Å²) in [4.78, 5) is 13.1. The maximum atomic E-state index is 10.9. The number of hydrogen-bond acceptors (Lipinski definition) is 3. The van der Waals surface area contributed by atoms with E-state index < -0.39 is 0 Å². The van der Waals surface area contributed by atoms with Crippen molar-refractivity contribution in [3.05, 3.63) is 90.0 Å². The molecule has 0 radical (unpaired) electrons. The second-order valence-electron chi connectivity index (χ2n) is 5.53. The highest BCUT2D eigenvalue weighted by molar-refractivity contribution is 7.99. The lowest BCUT2D eigenvalue weighted by Crippen LogP contribution is -1.94. The van der Waals surface area contributed by atoms with Crippen LogP contribution in [-0.4, -0.2) is 5.24 Å². The van der Waals surface area contributed by atoms with E-state index >= 15 is 0 Å². The number of halogens is 1. The molecule has 0 atom stereocenters. The fourth-order valence-electron chi connectivity index (χ4n) is 2.34. The van der Waals surface area contributed by atoms with Crippen molar-refractivity contribution in [3.63, 3.8) is 0 Å². The van der Waals surface area contributed by atoms with E-state index in [2.05, 4.69) is 6.07 Å². The first-order valence-electron chi connectivity index (χ1n) is 7.91. The Morgan fingerprint density at radius 3 is 2.32 bits per heavy atom. The van der Waals surface area contributed by atoms with Crippen molar-refractivity contribution in [2.24, 2.45) is 0 Å². The summed E-state index contributed by atoms with van der Waals surface area (Å²) < 4.78 is 5.87. The van der Waals surface area contributed by atoms with Gasteiger partial charge in [-0.3, -0.25) is 4.79 Å². The van der Waals surface area contributed by atoms with E-state index in [-0.39, 0.29) is 11.7 Å². The molecule has 126 valence electrons. The van der Waals surface area contributed by atoms with Crippen LogP contribution in [0.5, 0.6) is 5.75 Å². The average molecular weight is 369 g/mol. The Morgan fingerprint density at radius 2 is 1.60 bits per heavy atom. The van der Waals surface area contributed by atoms with E-state index in [9.17, 15) is 4.79 Å². The summed E-state index contributed by atoms with van der Waals surface area (Å²) in [5.41, 5.74) is 2.06. The number of carbonyl (C=O) groups excluding carboxylic acids is 1. The van der Waals surface area contributed by atoms with Gasteiger partial charge in [0, 0.05) is 16.2 Å². The van der Waals surface area contributed by atoms with Crippen LogP contribution in [0.25, 0.3) is 0 Å². The monoisotopic (exact) mass is 368 g/mol. The summed E-state index contributed by atoms with van der Waals surface area (Å²) in [6.45, 7) is 0.552. The summed E-state index contributed by atoms with van der Waals surface area (Å²) >= 11 is 7.07. The molecule has 3 aromatic carbocycles. The Hall–Kier alpha value is -2.23. The predicted octanol–water partition coefficient (Wildman–Crippen LogP) is 5.72. The quantitative estimate of drug-likeness (QED) is 0.498. The van der Waals surface area contributed by atoms with Gasteiger partial charge in [-0.25, -0.2) is 0 Å². The zero-order valence-corrected chi connectivity index (χ0v) is 15.1. The minimum atomic E-state index is -0.344. The summed E-state index contributed by atoms with van der Waals surface area (Å²) in [5.74, 6) is 0.846. The summed E-state index contributed by atoms with van der Waals surface area (Å²) in [5, 5.41) is -0.344. The molecule has 0 aliphatic rings. The lowest BCUT2D eigenvalue weighted by molar-refractivity contribution is -0.111. The molecule has 4 heteroatoms. The molecule has 0 spiro atoms. The molecule has 3 rings (SSSR count). The molecule has 0 amide bonds. The van der Waals surface area contributed by atoms with Crippen LogP contribution in [0.1, 0.15) is 11.1 Å². The molecule has 0 fully saturated rings. The molecular weight excluding hydrogens is 352 g/mol. The normalized spacial score (nSPS) is 10.4. The topological polar surface area (TPSA) is 26.3 Å². The summed E-state index contributed by atoms with van der Waals surface area (Å²) in [6.07, 6.45) is 0.259. The largest absolute Gasteiger partial charge is 0.489 e. The Balaban J connectivity index is 1.62. The minimum absolute atomic E-state index is 0.259. The molecule has 0 N–H and O–H groups in total. The molecule has 3 aromatic rings. The first-order chi connectivity index (χ1) is 12.2.